The number of carbonyl (C=O) groups is 1. The zero-order valence-electron chi connectivity index (χ0n) is 17.4. The number of amides is 1. The predicted molar refractivity (Wildman–Crippen MR) is 127 cm³/mol. The molecule has 0 saturated heterocycles. The first-order valence-corrected chi connectivity index (χ1v) is 10.6. The summed E-state index contributed by atoms with van der Waals surface area (Å²) in [7, 11) is 0. The summed E-state index contributed by atoms with van der Waals surface area (Å²) in [4.78, 5) is 21.4. The molecule has 6 nitrogen and oxygen atoms in total. The summed E-state index contributed by atoms with van der Waals surface area (Å²) in [6, 6.07) is 25.6. The molecule has 2 aromatic heterocycles. The van der Waals surface area contributed by atoms with Crippen LogP contribution in [0.5, 0.6) is 5.75 Å². The molecule has 0 fully saturated rings. The van der Waals surface area contributed by atoms with Gasteiger partial charge in [0.1, 0.15) is 12.4 Å². The average Bonchev–Trinajstić information content (AvgIpc) is 3.29. The Morgan fingerprint density at radius 3 is 2.58 bits per heavy atom. The number of nitrogens with zero attached hydrogens (tertiary/aromatic N) is 2. The molecule has 0 saturated carbocycles. The van der Waals surface area contributed by atoms with Crippen LogP contribution >= 0.6 is 11.6 Å². The number of rotatable bonds is 6. The predicted octanol–water partition coefficient (Wildman–Crippen LogP) is 6.37. The first-order valence-electron chi connectivity index (χ1n) is 10.3. The number of aromatic nitrogens is 2. The second kappa shape index (κ2) is 9.14. The maximum Gasteiger partial charge on any atom is 0.255 e. The standard InChI is InChI=1S/C26H18ClN3O3/c27-21-13-10-19(26-30-24-23(33-26)7-4-14-28-24)15-22(21)29-25(31)18-8-11-20(12-9-18)32-16-17-5-2-1-3-6-17/h1-15H,16H2,(H,29,31). The lowest BCUT2D eigenvalue weighted by molar-refractivity contribution is 0.102. The van der Waals surface area contributed by atoms with Crippen molar-refractivity contribution in [1.82, 2.24) is 9.97 Å². The topological polar surface area (TPSA) is 77.3 Å². The van der Waals surface area contributed by atoms with Crippen molar-refractivity contribution in [2.45, 2.75) is 6.61 Å². The van der Waals surface area contributed by atoms with Crippen molar-refractivity contribution in [1.29, 1.82) is 0 Å². The van der Waals surface area contributed by atoms with Gasteiger partial charge in [-0.05, 0) is 60.2 Å². The van der Waals surface area contributed by atoms with Gasteiger partial charge in [-0.15, -0.1) is 0 Å². The number of hydrogen-bond acceptors (Lipinski definition) is 5. The first kappa shape index (κ1) is 20.7. The maximum atomic E-state index is 12.8. The van der Waals surface area contributed by atoms with E-state index in [1.807, 2.05) is 30.3 Å². The maximum absolute atomic E-state index is 12.8. The SMILES string of the molecule is O=C(Nc1cc(-c2nc3ncccc3o2)ccc1Cl)c1ccc(OCc2ccccc2)cc1. The summed E-state index contributed by atoms with van der Waals surface area (Å²) in [6.45, 7) is 0.458. The van der Waals surface area contributed by atoms with Gasteiger partial charge in [0.15, 0.2) is 11.2 Å². The Bertz CT molecular complexity index is 1380. The fraction of sp³-hybridized carbons (Fsp3) is 0.0385. The van der Waals surface area contributed by atoms with Crippen molar-refractivity contribution < 1.29 is 13.9 Å². The molecule has 1 N–H and O–H groups in total. The zero-order chi connectivity index (χ0) is 22.6. The van der Waals surface area contributed by atoms with E-state index in [2.05, 4.69) is 15.3 Å². The molecule has 0 aliphatic heterocycles. The Morgan fingerprint density at radius 2 is 1.79 bits per heavy atom. The van der Waals surface area contributed by atoms with Crippen LogP contribution < -0.4 is 10.1 Å². The largest absolute Gasteiger partial charge is 0.489 e. The number of halogens is 1. The number of nitrogens with one attached hydrogen (secondary N) is 1. The summed E-state index contributed by atoms with van der Waals surface area (Å²) in [5.41, 5.74) is 3.79. The van der Waals surface area contributed by atoms with E-state index in [4.69, 9.17) is 20.8 Å². The van der Waals surface area contributed by atoms with Crippen molar-refractivity contribution in [3.63, 3.8) is 0 Å². The van der Waals surface area contributed by atoms with Crippen molar-refractivity contribution >= 4 is 34.4 Å². The van der Waals surface area contributed by atoms with Gasteiger partial charge in [0.2, 0.25) is 5.89 Å². The smallest absolute Gasteiger partial charge is 0.255 e. The average molecular weight is 456 g/mol. The van der Waals surface area contributed by atoms with Crippen LogP contribution in [0, 0.1) is 0 Å². The fourth-order valence-corrected chi connectivity index (χ4v) is 3.45. The molecule has 0 radical (unpaired) electrons. The molecular weight excluding hydrogens is 438 g/mol. The Balaban J connectivity index is 1.29. The van der Waals surface area contributed by atoms with Crippen molar-refractivity contribution in [2.75, 3.05) is 5.32 Å². The highest BCUT2D eigenvalue weighted by atomic mass is 35.5. The highest BCUT2D eigenvalue weighted by molar-refractivity contribution is 6.34. The van der Waals surface area contributed by atoms with Crippen LogP contribution in [-0.4, -0.2) is 15.9 Å². The fourth-order valence-electron chi connectivity index (χ4n) is 3.28. The molecule has 5 aromatic rings. The third-order valence-electron chi connectivity index (χ3n) is 4.99. The second-order valence-electron chi connectivity index (χ2n) is 7.29. The van der Waals surface area contributed by atoms with Crippen LogP contribution in [0.25, 0.3) is 22.7 Å². The Morgan fingerprint density at radius 1 is 0.970 bits per heavy atom. The van der Waals surface area contributed by atoms with Gasteiger partial charge in [0, 0.05) is 17.3 Å². The molecule has 3 aromatic carbocycles. The van der Waals surface area contributed by atoms with Gasteiger partial charge in [0.05, 0.1) is 10.7 Å². The Labute approximate surface area is 194 Å². The molecule has 0 bridgehead atoms. The molecule has 0 aliphatic rings. The number of fused-ring (bicyclic) bond motifs is 1. The van der Waals surface area contributed by atoms with E-state index in [0.29, 0.717) is 51.3 Å². The number of pyridine rings is 1. The minimum Gasteiger partial charge on any atom is -0.489 e. The van der Waals surface area contributed by atoms with Gasteiger partial charge in [-0.3, -0.25) is 4.79 Å². The number of ether oxygens (including phenoxy) is 1. The zero-order valence-corrected chi connectivity index (χ0v) is 18.1. The number of carbonyl (C=O) groups excluding carboxylic acids is 1. The van der Waals surface area contributed by atoms with E-state index in [9.17, 15) is 4.79 Å². The van der Waals surface area contributed by atoms with Crippen LogP contribution in [-0.2, 0) is 6.61 Å². The Kier molecular flexibility index (Phi) is 5.74. The van der Waals surface area contributed by atoms with E-state index in [0.717, 1.165) is 5.56 Å². The molecule has 1 amide bonds. The van der Waals surface area contributed by atoms with Gasteiger partial charge in [0.25, 0.3) is 5.91 Å². The van der Waals surface area contributed by atoms with Crippen LogP contribution in [0.4, 0.5) is 5.69 Å². The van der Waals surface area contributed by atoms with Crippen LogP contribution in [0.15, 0.2) is 95.5 Å². The van der Waals surface area contributed by atoms with Gasteiger partial charge in [-0.25, -0.2) is 4.98 Å². The molecule has 0 unspecified atom stereocenters. The molecule has 0 atom stereocenters. The summed E-state index contributed by atoms with van der Waals surface area (Å²) in [6.07, 6.45) is 1.65. The molecule has 162 valence electrons. The van der Waals surface area contributed by atoms with Crippen LogP contribution in [0.1, 0.15) is 15.9 Å². The molecular formula is C26H18ClN3O3. The summed E-state index contributed by atoms with van der Waals surface area (Å²) in [5, 5.41) is 3.26. The van der Waals surface area contributed by atoms with Gasteiger partial charge in [-0.1, -0.05) is 41.9 Å². The highest BCUT2D eigenvalue weighted by Gasteiger charge is 2.13. The van der Waals surface area contributed by atoms with E-state index in [-0.39, 0.29) is 5.91 Å². The molecule has 0 spiro atoms. The Hall–Kier alpha value is -4.16. The van der Waals surface area contributed by atoms with Gasteiger partial charge in [-0.2, -0.15) is 4.98 Å². The van der Waals surface area contributed by atoms with Crippen molar-refractivity contribution in [3.8, 4) is 17.2 Å². The van der Waals surface area contributed by atoms with E-state index < -0.39 is 0 Å². The summed E-state index contributed by atoms with van der Waals surface area (Å²) in [5.74, 6) is 0.790. The van der Waals surface area contributed by atoms with Crippen LogP contribution in [0.3, 0.4) is 0 Å². The normalized spacial score (nSPS) is 10.8. The third-order valence-corrected chi connectivity index (χ3v) is 5.32. The van der Waals surface area contributed by atoms with Crippen molar-refractivity contribution in [2.24, 2.45) is 0 Å². The van der Waals surface area contributed by atoms with Crippen LogP contribution in [0.2, 0.25) is 5.02 Å². The lowest BCUT2D eigenvalue weighted by Gasteiger charge is -2.10. The molecule has 0 aliphatic carbocycles. The third kappa shape index (κ3) is 4.71. The van der Waals surface area contributed by atoms with Gasteiger partial charge < -0.3 is 14.5 Å². The molecule has 5 rings (SSSR count). The molecule has 2 heterocycles. The minimum absolute atomic E-state index is 0.289. The van der Waals surface area contributed by atoms with E-state index in [1.54, 1.807) is 60.8 Å². The van der Waals surface area contributed by atoms with E-state index >= 15 is 0 Å². The van der Waals surface area contributed by atoms with E-state index in [1.165, 1.54) is 0 Å². The molecule has 7 heteroatoms. The minimum atomic E-state index is -0.289. The number of hydrogen-bond donors (Lipinski definition) is 1. The number of anilines is 1. The van der Waals surface area contributed by atoms with Crippen molar-refractivity contribution in [3.05, 3.63) is 107 Å². The molecule has 33 heavy (non-hydrogen) atoms. The first-order chi connectivity index (χ1) is 16.2. The lowest BCUT2D eigenvalue weighted by atomic mass is 10.1. The number of oxazole rings is 1. The van der Waals surface area contributed by atoms with Gasteiger partial charge >= 0.3 is 0 Å². The second-order valence-corrected chi connectivity index (χ2v) is 7.70. The quantitative estimate of drug-likeness (QED) is 0.321. The highest BCUT2D eigenvalue weighted by Crippen LogP contribution is 2.30. The monoisotopic (exact) mass is 455 g/mol. The number of benzene rings is 3. The lowest BCUT2D eigenvalue weighted by Crippen LogP contribution is -2.12. The summed E-state index contributed by atoms with van der Waals surface area (Å²) >= 11 is 6.32. The summed E-state index contributed by atoms with van der Waals surface area (Å²) < 4.78 is 11.5.